The van der Waals surface area contributed by atoms with E-state index in [4.69, 9.17) is 0 Å². The number of aliphatic hydroxyl groups is 1. The molecule has 0 aliphatic carbocycles. The van der Waals surface area contributed by atoms with Crippen LogP contribution < -0.4 is 10.3 Å². The first-order valence-corrected chi connectivity index (χ1v) is 12.0. The number of aromatic nitrogens is 3. The third-order valence-electron chi connectivity index (χ3n) is 7.23. The van der Waals surface area contributed by atoms with E-state index in [1.54, 1.807) is 5.01 Å². The number of nitrogens with zero attached hydrogens (tertiary/aromatic N) is 5. The van der Waals surface area contributed by atoms with Gasteiger partial charge in [-0.05, 0) is 66.8 Å². The van der Waals surface area contributed by atoms with Crippen molar-refractivity contribution in [3.05, 3.63) is 72.2 Å². The molecule has 1 atom stereocenters. The number of fused-ring (bicyclic) bond motifs is 2. The number of hydrazine groups is 1. The van der Waals surface area contributed by atoms with Crippen LogP contribution in [0.2, 0.25) is 0 Å². The Labute approximate surface area is 203 Å². The van der Waals surface area contributed by atoms with E-state index in [0.29, 0.717) is 11.4 Å². The van der Waals surface area contributed by atoms with Crippen molar-refractivity contribution in [3.63, 3.8) is 0 Å². The van der Waals surface area contributed by atoms with Crippen molar-refractivity contribution in [2.75, 3.05) is 23.4 Å². The average Bonchev–Trinajstić information content (AvgIpc) is 3.38. The maximum Gasteiger partial charge on any atom is 0.273 e. The Morgan fingerprint density at radius 3 is 2.57 bits per heavy atom. The van der Waals surface area contributed by atoms with E-state index in [1.807, 2.05) is 67.5 Å². The predicted octanol–water partition coefficient (Wildman–Crippen LogP) is 4.14. The molecule has 0 bridgehead atoms. The van der Waals surface area contributed by atoms with Gasteiger partial charge in [0.25, 0.3) is 5.91 Å². The first-order valence-electron chi connectivity index (χ1n) is 12.0. The highest BCUT2D eigenvalue weighted by atomic mass is 16.3. The molecule has 1 saturated heterocycles. The summed E-state index contributed by atoms with van der Waals surface area (Å²) in [4.78, 5) is 24.7. The summed E-state index contributed by atoms with van der Waals surface area (Å²) >= 11 is 0. The molecule has 8 heteroatoms. The lowest BCUT2D eigenvalue weighted by molar-refractivity contribution is 0.0781. The summed E-state index contributed by atoms with van der Waals surface area (Å²) in [6.07, 6.45) is 6.99. The SMILES string of the molecule is CC1c2c(cccc2-c2ccnc3c2ccn3C)C(=O)N1Nc1ccc(N2CCC(O)CC2)cn1. The normalized spacial score (nSPS) is 18.4. The third kappa shape index (κ3) is 3.61. The van der Waals surface area contributed by atoms with Crippen molar-refractivity contribution in [3.8, 4) is 11.1 Å². The van der Waals surface area contributed by atoms with Gasteiger partial charge in [-0.3, -0.25) is 10.2 Å². The fraction of sp³-hybridized carbons (Fsp3) is 0.296. The zero-order chi connectivity index (χ0) is 24.1. The van der Waals surface area contributed by atoms with Crippen LogP contribution in [-0.4, -0.2) is 49.8 Å². The van der Waals surface area contributed by atoms with Crippen molar-refractivity contribution in [2.45, 2.75) is 31.9 Å². The highest BCUT2D eigenvalue weighted by Gasteiger charge is 2.36. The lowest BCUT2D eigenvalue weighted by Crippen LogP contribution is -2.36. The lowest BCUT2D eigenvalue weighted by Gasteiger charge is -2.31. The number of piperidine rings is 1. The lowest BCUT2D eigenvalue weighted by atomic mass is 9.93. The van der Waals surface area contributed by atoms with Gasteiger partial charge < -0.3 is 14.6 Å². The minimum atomic E-state index is -0.209. The van der Waals surface area contributed by atoms with Crippen molar-refractivity contribution < 1.29 is 9.90 Å². The number of aliphatic hydroxyl groups excluding tert-OH is 1. The van der Waals surface area contributed by atoms with Crippen LogP contribution in [0.5, 0.6) is 0 Å². The molecule has 2 aliphatic rings. The van der Waals surface area contributed by atoms with Crippen LogP contribution >= 0.6 is 0 Å². The number of hydrogen-bond acceptors (Lipinski definition) is 6. The van der Waals surface area contributed by atoms with Gasteiger partial charge in [0.15, 0.2) is 0 Å². The summed E-state index contributed by atoms with van der Waals surface area (Å²) in [5.74, 6) is 0.554. The van der Waals surface area contributed by atoms with Gasteiger partial charge in [0.2, 0.25) is 0 Å². The average molecular weight is 469 g/mol. The Bertz CT molecular complexity index is 1410. The minimum Gasteiger partial charge on any atom is -0.393 e. The molecule has 1 unspecified atom stereocenters. The summed E-state index contributed by atoms with van der Waals surface area (Å²) in [7, 11) is 1.99. The number of benzene rings is 1. The number of carbonyl (C=O) groups excluding carboxylic acids is 1. The first-order chi connectivity index (χ1) is 17.0. The van der Waals surface area contributed by atoms with Gasteiger partial charge in [-0.2, -0.15) is 0 Å². The number of rotatable bonds is 4. The molecule has 35 heavy (non-hydrogen) atoms. The number of hydrogen-bond donors (Lipinski definition) is 2. The number of nitrogens with one attached hydrogen (secondary N) is 1. The second-order valence-corrected chi connectivity index (χ2v) is 9.37. The van der Waals surface area contributed by atoms with Crippen molar-refractivity contribution in [2.24, 2.45) is 7.05 Å². The van der Waals surface area contributed by atoms with E-state index in [9.17, 15) is 9.90 Å². The van der Waals surface area contributed by atoms with Gasteiger partial charge in [-0.1, -0.05) is 12.1 Å². The maximum atomic E-state index is 13.4. The van der Waals surface area contributed by atoms with Crippen molar-refractivity contribution in [1.29, 1.82) is 0 Å². The van der Waals surface area contributed by atoms with E-state index in [2.05, 4.69) is 32.4 Å². The van der Waals surface area contributed by atoms with Gasteiger partial charge in [0, 0.05) is 43.5 Å². The van der Waals surface area contributed by atoms with Gasteiger partial charge in [0.05, 0.1) is 24.0 Å². The van der Waals surface area contributed by atoms with E-state index < -0.39 is 0 Å². The van der Waals surface area contributed by atoms with Gasteiger partial charge in [-0.25, -0.2) is 15.0 Å². The molecule has 178 valence electrons. The molecule has 2 aliphatic heterocycles. The smallest absolute Gasteiger partial charge is 0.273 e. The largest absolute Gasteiger partial charge is 0.393 e. The number of pyridine rings is 2. The molecular weight excluding hydrogens is 440 g/mol. The van der Waals surface area contributed by atoms with Crippen LogP contribution in [0.3, 0.4) is 0 Å². The Kier molecular flexibility index (Phi) is 5.18. The van der Waals surface area contributed by atoms with E-state index in [0.717, 1.165) is 59.3 Å². The molecule has 4 aromatic rings. The van der Waals surface area contributed by atoms with Crippen LogP contribution in [0.15, 0.2) is 61.1 Å². The zero-order valence-electron chi connectivity index (χ0n) is 19.8. The second-order valence-electron chi connectivity index (χ2n) is 9.37. The molecule has 0 spiro atoms. The molecule has 0 radical (unpaired) electrons. The fourth-order valence-corrected chi connectivity index (χ4v) is 5.31. The highest BCUT2D eigenvalue weighted by molar-refractivity contribution is 6.04. The summed E-state index contributed by atoms with van der Waals surface area (Å²) in [6, 6.07) is 13.8. The topological polar surface area (TPSA) is 86.5 Å². The van der Waals surface area contributed by atoms with Gasteiger partial charge >= 0.3 is 0 Å². The molecule has 8 nitrogen and oxygen atoms in total. The minimum absolute atomic E-state index is 0.0661. The number of aryl methyl sites for hydroxylation is 1. The monoisotopic (exact) mass is 468 g/mol. The van der Waals surface area contributed by atoms with Crippen molar-refractivity contribution in [1.82, 2.24) is 19.5 Å². The summed E-state index contributed by atoms with van der Waals surface area (Å²) in [5, 5.41) is 12.5. The molecule has 0 saturated carbocycles. The quantitative estimate of drug-likeness (QED) is 0.468. The number of carbonyl (C=O) groups is 1. The fourth-order valence-electron chi connectivity index (χ4n) is 5.31. The molecule has 5 heterocycles. The first kappa shape index (κ1) is 21.6. The molecule has 1 fully saturated rings. The Morgan fingerprint density at radius 2 is 1.80 bits per heavy atom. The molecule has 3 aromatic heterocycles. The molecule has 2 N–H and O–H groups in total. The zero-order valence-corrected chi connectivity index (χ0v) is 19.8. The maximum absolute atomic E-state index is 13.4. The summed E-state index contributed by atoms with van der Waals surface area (Å²) < 4.78 is 2.01. The molecule has 1 amide bonds. The van der Waals surface area contributed by atoms with Crippen LogP contribution in [0.25, 0.3) is 22.2 Å². The Morgan fingerprint density at radius 1 is 1.00 bits per heavy atom. The molecule has 1 aromatic carbocycles. The Balaban J connectivity index is 1.28. The van der Waals surface area contributed by atoms with Crippen LogP contribution in [0.4, 0.5) is 11.5 Å². The third-order valence-corrected chi connectivity index (χ3v) is 7.23. The predicted molar refractivity (Wildman–Crippen MR) is 136 cm³/mol. The van der Waals surface area contributed by atoms with Gasteiger partial charge in [0.1, 0.15) is 11.5 Å². The van der Waals surface area contributed by atoms with E-state index in [-0.39, 0.29) is 18.1 Å². The number of anilines is 2. The standard InChI is InChI=1S/C27H28N6O2/c1-17-25-21(20-8-12-28-26-22(20)11-13-31(26)2)4-3-5-23(25)27(35)33(17)30-24-7-6-18(16-29-24)32-14-9-19(34)10-15-32/h3-8,11-13,16-17,19,34H,9-10,14-15H2,1-2H3,(H,29,30). The van der Waals surface area contributed by atoms with Crippen LogP contribution in [0, 0.1) is 0 Å². The van der Waals surface area contributed by atoms with Crippen molar-refractivity contribution >= 4 is 28.4 Å². The molecule has 6 rings (SSSR count). The second kappa shape index (κ2) is 8.39. The van der Waals surface area contributed by atoms with E-state index >= 15 is 0 Å². The molecular formula is C27H28N6O2. The van der Waals surface area contributed by atoms with Crippen LogP contribution in [-0.2, 0) is 7.05 Å². The Hall–Kier alpha value is -3.91. The number of amides is 1. The van der Waals surface area contributed by atoms with Gasteiger partial charge in [-0.15, -0.1) is 0 Å². The summed E-state index contributed by atoms with van der Waals surface area (Å²) in [5.41, 5.74) is 9.01. The van der Waals surface area contributed by atoms with Crippen LogP contribution in [0.1, 0.15) is 41.7 Å². The van der Waals surface area contributed by atoms with E-state index in [1.165, 1.54) is 0 Å². The summed E-state index contributed by atoms with van der Waals surface area (Å²) in [6.45, 7) is 3.68. The highest BCUT2D eigenvalue weighted by Crippen LogP contribution is 2.41.